The Labute approximate surface area is 71.6 Å². The Hall–Kier alpha value is -1.26. The molecule has 5 nitrogen and oxygen atoms in total. The van der Waals surface area contributed by atoms with Crippen molar-refractivity contribution in [3.8, 4) is 0 Å². The number of hydrogen-bond acceptors (Lipinski definition) is 3. The van der Waals surface area contributed by atoms with Crippen LogP contribution in [0.3, 0.4) is 0 Å². The minimum absolute atomic E-state index is 0.00991. The number of amides is 1. The van der Waals surface area contributed by atoms with E-state index >= 15 is 0 Å². The zero-order chi connectivity index (χ0) is 9.78. The molecular formula is C7H15N3O2. The molecule has 1 amide bonds. The van der Waals surface area contributed by atoms with Crippen LogP contribution in [0.15, 0.2) is 5.16 Å². The molecule has 0 unspecified atom stereocenters. The fraction of sp³-hybridized carbons (Fsp3) is 0.714. The van der Waals surface area contributed by atoms with Crippen molar-refractivity contribution < 1.29 is 10.0 Å². The number of oxime groups is 1. The molecule has 0 aromatic heterocycles. The maximum atomic E-state index is 10.9. The van der Waals surface area contributed by atoms with Gasteiger partial charge in [-0.25, -0.2) is 0 Å². The fourth-order valence-corrected chi connectivity index (χ4v) is 0.626. The second-order valence-corrected chi connectivity index (χ2v) is 3.01. The van der Waals surface area contributed by atoms with E-state index in [1.165, 1.54) is 0 Å². The Balaban J connectivity index is 4.32. The minimum Gasteiger partial charge on any atom is -0.409 e. The number of nitrogens with two attached hydrogens (primary N) is 1. The molecule has 0 aliphatic heterocycles. The molecular weight excluding hydrogens is 158 g/mol. The van der Waals surface area contributed by atoms with Gasteiger partial charge in [-0.3, -0.25) is 4.79 Å². The maximum absolute atomic E-state index is 10.9. The van der Waals surface area contributed by atoms with Crippen molar-refractivity contribution in [3.63, 3.8) is 0 Å². The van der Waals surface area contributed by atoms with Crippen LogP contribution in [0.5, 0.6) is 0 Å². The molecule has 0 aliphatic rings. The van der Waals surface area contributed by atoms with Crippen LogP contribution < -0.4 is 11.1 Å². The van der Waals surface area contributed by atoms with E-state index in [0.29, 0.717) is 6.42 Å². The quantitative estimate of drug-likeness (QED) is 0.243. The smallest absolute Gasteiger partial charge is 0.220 e. The van der Waals surface area contributed by atoms with Crippen molar-refractivity contribution in [2.24, 2.45) is 10.9 Å². The number of amidine groups is 1. The van der Waals surface area contributed by atoms with Gasteiger partial charge >= 0.3 is 0 Å². The lowest BCUT2D eigenvalue weighted by atomic mass is 10.0. The summed E-state index contributed by atoms with van der Waals surface area (Å²) in [6.45, 7) is 5.06. The van der Waals surface area contributed by atoms with E-state index in [0.717, 1.165) is 0 Å². The van der Waals surface area contributed by atoms with Crippen LogP contribution in [0.1, 0.15) is 27.2 Å². The third kappa shape index (κ3) is 2.77. The predicted molar refractivity (Wildman–Crippen MR) is 45.9 cm³/mol. The fourth-order valence-electron chi connectivity index (χ4n) is 0.626. The number of carbonyl (C=O) groups excluding carboxylic acids is 1. The molecule has 0 spiro atoms. The Bertz CT molecular complexity index is 199. The average Bonchev–Trinajstić information content (AvgIpc) is 2.02. The number of nitrogens with one attached hydrogen (secondary N) is 1. The summed E-state index contributed by atoms with van der Waals surface area (Å²) in [4.78, 5) is 10.9. The van der Waals surface area contributed by atoms with Crippen LogP contribution in [0.25, 0.3) is 0 Å². The van der Waals surface area contributed by atoms with Crippen LogP contribution in [-0.4, -0.2) is 22.5 Å². The molecule has 12 heavy (non-hydrogen) atoms. The number of nitrogens with zero attached hydrogens (tertiary/aromatic N) is 1. The summed E-state index contributed by atoms with van der Waals surface area (Å²) in [6.07, 6.45) is 0.377. The summed E-state index contributed by atoms with van der Waals surface area (Å²) in [6, 6.07) is 0. The highest BCUT2D eigenvalue weighted by atomic mass is 16.4. The molecule has 0 bridgehead atoms. The monoisotopic (exact) mass is 173 g/mol. The largest absolute Gasteiger partial charge is 0.409 e. The summed E-state index contributed by atoms with van der Waals surface area (Å²) in [5.74, 6) is -0.143. The molecule has 0 rings (SSSR count). The first kappa shape index (κ1) is 10.7. The van der Waals surface area contributed by atoms with Crippen molar-refractivity contribution in [1.82, 2.24) is 5.32 Å². The molecule has 5 heteroatoms. The van der Waals surface area contributed by atoms with Gasteiger partial charge in [0.15, 0.2) is 5.84 Å². The molecule has 0 aromatic rings. The van der Waals surface area contributed by atoms with Crippen molar-refractivity contribution in [2.75, 3.05) is 0 Å². The van der Waals surface area contributed by atoms with E-state index in [1.807, 2.05) is 0 Å². The molecule has 0 saturated heterocycles. The second kappa shape index (κ2) is 3.94. The van der Waals surface area contributed by atoms with Gasteiger partial charge in [0.25, 0.3) is 0 Å². The lowest BCUT2D eigenvalue weighted by Gasteiger charge is -2.23. The molecule has 0 radical (unpaired) electrons. The average molecular weight is 173 g/mol. The van der Waals surface area contributed by atoms with Crippen molar-refractivity contribution in [3.05, 3.63) is 0 Å². The van der Waals surface area contributed by atoms with Gasteiger partial charge in [0.2, 0.25) is 5.91 Å². The Morgan fingerprint density at radius 2 is 2.17 bits per heavy atom. The number of hydrogen-bond donors (Lipinski definition) is 3. The number of rotatable bonds is 3. The maximum Gasteiger partial charge on any atom is 0.220 e. The van der Waals surface area contributed by atoms with Gasteiger partial charge in [-0.15, -0.1) is 0 Å². The van der Waals surface area contributed by atoms with E-state index in [-0.39, 0.29) is 11.7 Å². The zero-order valence-electron chi connectivity index (χ0n) is 7.59. The second-order valence-electron chi connectivity index (χ2n) is 3.01. The standard InChI is InChI=1S/C7H15N3O2/c1-4-5(11)9-7(2,3)6(8)10-12/h12H,4H2,1-3H3,(H2,8,10)(H,9,11). The highest BCUT2D eigenvalue weighted by Gasteiger charge is 2.24. The van der Waals surface area contributed by atoms with Gasteiger partial charge in [-0.2, -0.15) is 0 Å². The first-order chi connectivity index (χ1) is 5.44. The van der Waals surface area contributed by atoms with Crippen LogP contribution in [0.4, 0.5) is 0 Å². The highest BCUT2D eigenvalue weighted by molar-refractivity contribution is 5.92. The molecule has 70 valence electrons. The third-order valence-corrected chi connectivity index (χ3v) is 1.52. The van der Waals surface area contributed by atoms with E-state index in [4.69, 9.17) is 10.9 Å². The lowest BCUT2D eigenvalue weighted by molar-refractivity contribution is -0.121. The Morgan fingerprint density at radius 1 is 1.67 bits per heavy atom. The molecule has 0 heterocycles. The molecule has 0 aliphatic carbocycles. The molecule has 0 aromatic carbocycles. The summed E-state index contributed by atoms with van der Waals surface area (Å²) >= 11 is 0. The molecule has 4 N–H and O–H groups in total. The van der Waals surface area contributed by atoms with Crippen molar-refractivity contribution in [1.29, 1.82) is 0 Å². The van der Waals surface area contributed by atoms with Gasteiger partial charge in [0.1, 0.15) is 0 Å². The van der Waals surface area contributed by atoms with E-state index < -0.39 is 5.54 Å². The predicted octanol–water partition coefficient (Wildman–Crippen LogP) is 0.0376. The Kier molecular flexibility index (Phi) is 3.53. The van der Waals surface area contributed by atoms with E-state index in [9.17, 15) is 4.79 Å². The summed E-state index contributed by atoms with van der Waals surface area (Å²) in [7, 11) is 0. The van der Waals surface area contributed by atoms with Crippen LogP contribution >= 0.6 is 0 Å². The van der Waals surface area contributed by atoms with Crippen molar-refractivity contribution in [2.45, 2.75) is 32.7 Å². The van der Waals surface area contributed by atoms with Crippen LogP contribution in [-0.2, 0) is 4.79 Å². The van der Waals surface area contributed by atoms with Gasteiger partial charge in [-0.05, 0) is 13.8 Å². The molecule has 0 saturated carbocycles. The third-order valence-electron chi connectivity index (χ3n) is 1.52. The highest BCUT2D eigenvalue weighted by Crippen LogP contribution is 2.01. The van der Waals surface area contributed by atoms with E-state index in [1.54, 1.807) is 20.8 Å². The minimum atomic E-state index is -0.790. The first-order valence-corrected chi connectivity index (χ1v) is 3.73. The normalized spacial score (nSPS) is 12.8. The Morgan fingerprint density at radius 3 is 2.50 bits per heavy atom. The SMILES string of the molecule is CCC(=O)NC(C)(C)/C(N)=N/O. The van der Waals surface area contributed by atoms with Crippen LogP contribution in [0.2, 0.25) is 0 Å². The van der Waals surface area contributed by atoms with Crippen molar-refractivity contribution >= 4 is 11.7 Å². The van der Waals surface area contributed by atoms with Gasteiger partial charge in [0, 0.05) is 6.42 Å². The van der Waals surface area contributed by atoms with E-state index in [2.05, 4.69) is 10.5 Å². The summed E-state index contributed by atoms with van der Waals surface area (Å²) in [5.41, 5.74) is 4.55. The molecule has 0 fully saturated rings. The van der Waals surface area contributed by atoms with Crippen LogP contribution in [0, 0.1) is 0 Å². The zero-order valence-corrected chi connectivity index (χ0v) is 7.59. The topological polar surface area (TPSA) is 87.7 Å². The van der Waals surface area contributed by atoms with Gasteiger partial charge in [-0.1, -0.05) is 12.1 Å². The first-order valence-electron chi connectivity index (χ1n) is 3.73. The summed E-state index contributed by atoms with van der Waals surface area (Å²) in [5, 5.41) is 13.8. The lowest BCUT2D eigenvalue weighted by Crippen LogP contribution is -2.52. The van der Waals surface area contributed by atoms with Gasteiger partial charge < -0.3 is 16.3 Å². The summed E-state index contributed by atoms with van der Waals surface area (Å²) < 4.78 is 0. The number of carbonyl (C=O) groups is 1. The van der Waals surface area contributed by atoms with Gasteiger partial charge in [0.05, 0.1) is 5.54 Å². The molecule has 0 atom stereocenters.